The summed E-state index contributed by atoms with van der Waals surface area (Å²) >= 11 is 0. The molecule has 12 heteroatoms. The minimum Gasteiger partial charge on any atom is -0.408 e. The molecular formula is C37H49N7O5. The van der Waals surface area contributed by atoms with Crippen molar-refractivity contribution in [1.29, 1.82) is 0 Å². The van der Waals surface area contributed by atoms with Crippen LogP contribution in [0, 0.1) is 12.8 Å². The minimum absolute atomic E-state index is 0.0142. The highest BCUT2D eigenvalue weighted by Crippen LogP contribution is 2.27. The SMILES string of the molecule is Cc1cc(CC(CC(=O)N2CCC(N3CCc4ccccc4NC3=O)CC2)C(=O)N2CCN(C3CCN(C)CC3)CC2)cc2oc(=O)[nH]c12. The molecule has 3 saturated heterocycles. The number of rotatable bonds is 7. The number of aromatic nitrogens is 1. The number of urea groups is 1. The van der Waals surface area contributed by atoms with Gasteiger partial charge in [0.25, 0.3) is 0 Å². The van der Waals surface area contributed by atoms with E-state index in [1.807, 2.05) is 52.0 Å². The number of aromatic amines is 1. The van der Waals surface area contributed by atoms with Crippen molar-refractivity contribution in [3.63, 3.8) is 0 Å². The van der Waals surface area contributed by atoms with E-state index in [4.69, 9.17) is 4.42 Å². The lowest BCUT2D eigenvalue weighted by Gasteiger charge is -2.43. The van der Waals surface area contributed by atoms with Gasteiger partial charge in [0.1, 0.15) is 0 Å². The van der Waals surface area contributed by atoms with Crippen LogP contribution in [0.5, 0.6) is 0 Å². The van der Waals surface area contributed by atoms with Crippen LogP contribution in [0.4, 0.5) is 10.5 Å². The fraction of sp³-hybridized carbons (Fsp3) is 0.568. The first-order valence-electron chi connectivity index (χ1n) is 18.0. The number of carbonyl (C=O) groups excluding carboxylic acids is 3. The first-order chi connectivity index (χ1) is 23.7. The van der Waals surface area contributed by atoms with Gasteiger partial charge in [0.15, 0.2) is 5.58 Å². The molecule has 0 saturated carbocycles. The summed E-state index contributed by atoms with van der Waals surface area (Å²) < 4.78 is 5.37. The summed E-state index contributed by atoms with van der Waals surface area (Å²) in [5.74, 6) is -1.05. The molecule has 2 N–H and O–H groups in total. The van der Waals surface area contributed by atoms with E-state index in [1.165, 1.54) is 0 Å². The molecule has 5 heterocycles. The number of oxazole rings is 1. The molecule has 1 atom stereocenters. The van der Waals surface area contributed by atoms with Crippen LogP contribution in [0.25, 0.3) is 11.1 Å². The number of nitrogens with one attached hydrogen (secondary N) is 2. The number of piperidine rings is 2. The number of hydrogen-bond donors (Lipinski definition) is 2. The fourth-order valence-corrected chi connectivity index (χ4v) is 8.37. The molecule has 4 amide bonds. The van der Waals surface area contributed by atoms with Gasteiger partial charge in [-0.3, -0.25) is 19.5 Å². The molecule has 49 heavy (non-hydrogen) atoms. The molecule has 1 unspecified atom stereocenters. The second kappa shape index (κ2) is 14.4. The van der Waals surface area contributed by atoms with Gasteiger partial charge in [-0.1, -0.05) is 24.3 Å². The van der Waals surface area contributed by atoms with Crippen LogP contribution in [-0.4, -0.2) is 125 Å². The number of fused-ring (bicyclic) bond motifs is 2. The predicted molar refractivity (Wildman–Crippen MR) is 188 cm³/mol. The van der Waals surface area contributed by atoms with Gasteiger partial charge in [-0.2, -0.15) is 0 Å². The number of likely N-dealkylation sites (tertiary alicyclic amines) is 2. The minimum atomic E-state index is -0.530. The average Bonchev–Trinajstić information content (AvgIpc) is 3.40. The molecule has 2 aromatic carbocycles. The maximum Gasteiger partial charge on any atom is 0.417 e. The third-order valence-electron chi connectivity index (χ3n) is 11.3. The van der Waals surface area contributed by atoms with E-state index in [0.717, 1.165) is 67.8 Å². The number of amides is 4. The molecule has 262 valence electrons. The zero-order chi connectivity index (χ0) is 34.1. The number of anilines is 1. The van der Waals surface area contributed by atoms with Crippen molar-refractivity contribution in [2.45, 2.75) is 64.0 Å². The lowest BCUT2D eigenvalue weighted by molar-refractivity contribution is -0.143. The average molecular weight is 672 g/mol. The topological polar surface area (TPSA) is 125 Å². The number of piperazine rings is 1. The first-order valence-corrected chi connectivity index (χ1v) is 18.0. The van der Waals surface area contributed by atoms with Gasteiger partial charge < -0.3 is 29.3 Å². The van der Waals surface area contributed by atoms with Crippen LogP contribution in [0.3, 0.4) is 0 Å². The van der Waals surface area contributed by atoms with E-state index in [9.17, 15) is 19.2 Å². The smallest absolute Gasteiger partial charge is 0.408 e. The molecule has 4 aliphatic rings. The number of hydrogen-bond acceptors (Lipinski definition) is 7. The quantitative estimate of drug-likeness (QED) is 0.395. The van der Waals surface area contributed by atoms with Gasteiger partial charge in [0.2, 0.25) is 11.8 Å². The van der Waals surface area contributed by atoms with E-state index in [1.54, 1.807) is 0 Å². The van der Waals surface area contributed by atoms with Gasteiger partial charge in [-0.25, -0.2) is 9.59 Å². The van der Waals surface area contributed by atoms with Gasteiger partial charge in [0, 0.05) is 70.0 Å². The van der Waals surface area contributed by atoms with Crippen molar-refractivity contribution in [2.24, 2.45) is 5.92 Å². The number of para-hydroxylation sites is 1. The lowest BCUT2D eigenvalue weighted by atomic mass is 9.92. The molecule has 0 spiro atoms. The van der Waals surface area contributed by atoms with Crippen LogP contribution in [0.1, 0.15) is 48.8 Å². The molecular weight excluding hydrogens is 622 g/mol. The van der Waals surface area contributed by atoms with Crippen molar-refractivity contribution < 1.29 is 18.8 Å². The van der Waals surface area contributed by atoms with Crippen LogP contribution >= 0.6 is 0 Å². The largest absolute Gasteiger partial charge is 0.417 e. The van der Waals surface area contributed by atoms with E-state index < -0.39 is 11.7 Å². The van der Waals surface area contributed by atoms with Gasteiger partial charge in [-0.15, -0.1) is 0 Å². The number of benzene rings is 2. The zero-order valence-corrected chi connectivity index (χ0v) is 28.8. The molecule has 12 nitrogen and oxygen atoms in total. The van der Waals surface area contributed by atoms with Crippen LogP contribution in [-0.2, 0) is 22.4 Å². The van der Waals surface area contributed by atoms with Crippen LogP contribution in [0.2, 0.25) is 0 Å². The first kappa shape index (κ1) is 33.3. The Morgan fingerprint density at radius 1 is 0.878 bits per heavy atom. The van der Waals surface area contributed by atoms with E-state index in [-0.39, 0.29) is 30.3 Å². The standard InChI is InChI=1S/C37H49N7O5/c1-25-21-26(23-32-34(25)39-37(48)49-32)22-28(35(46)43-19-17-41(18-20-43)29-8-12-40(2)13-9-29)24-33(45)42-14-10-30(11-15-42)44-16-7-27-5-3-4-6-31(27)38-36(44)47/h3-6,21,23,28-30H,7-20,22,24H2,1-2H3,(H,38,47)(H,39,48). The number of aryl methyl sites for hydroxylation is 1. The van der Waals surface area contributed by atoms with Crippen molar-refractivity contribution >= 4 is 34.6 Å². The van der Waals surface area contributed by atoms with E-state index in [2.05, 4.69) is 33.2 Å². The highest BCUT2D eigenvalue weighted by Gasteiger charge is 2.35. The van der Waals surface area contributed by atoms with Crippen molar-refractivity contribution in [1.82, 2.24) is 29.5 Å². The summed E-state index contributed by atoms with van der Waals surface area (Å²) in [5.41, 5.74) is 4.86. The summed E-state index contributed by atoms with van der Waals surface area (Å²) in [4.78, 5) is 66.6. The summed E-state index contributed by atoms with van der Waals surface area (Å²) in [7, 11) is 2.17. The third kappa shape index (κ3) is 7.40. The van der Waals surface area contributed by atoms with Gasteiger partial charge in [0.05, 0.1) is 11.4 Å². The Kier molecular flexibility index (Phi) is 9.77. The van der Waals surface area contributed by atoms with Crippen LogP contribution in [0.15, 0.2) is 45.6 Å². The maximum atomic E-state index is 14.2. The Morgan fingerprint density at radius 3 is 2.35 bits per heavy atom. The zero-order valence-electron chi connectivity index (χ0n) is 28.8. The number of nitrogens with zero attached hydrogens (tertiary/aromatic N) is 5. The number of carbonyl (C=O) groups is 3. The Hall–Kier alpha value is -4.16. The Morgan fingerprint density at radius 2 is 1.59 bits per heavy atom. The summed E-state index contributed by atoms with van der Waals surface area (Å²) in [5, 5.41) is 3.07. The highest BCUT2D eigenvalue weighted by molar-refractivity contribution is 5.91. The normalized spacial score (nSPS) is 21.0. The predicted octanol–water partition coefficient (Wildman–Crippen LogP) is 3.30. The second-order valence-corrected chi connectivity index (χ2v) is 14.4. The van der Waals surface area contributed by atoms with E-state index >= 15 is 0 Å². The molecule has 3 fully saturated rings. The summed E-state index contributed by atoms with van der Waals surface area (Å²) in [6, 6.07) is 12.3. The highest BCUT2D eigenvalue weighted by atomic mass is 16.4. The van der Waals surface area contributed by atoms with E-state index in [0.29, 0.717) is 69.1 Å². The molecule has 0 bridgehead atoms. The molecule has 0 radical (unpaired) electrons. The second-order valence-electron chi connectivity index (χ2n) is 14.4. The molecule has 7 rings (SSSR count). The van der Waals surface area contributed by atoms with Crippen molar-refractivity contribution in [2.75, 3.05) is 71.3 Å². The lowest BCUT2D eigenvalue weighted by Crippen LogP contribution is -2.55. The molecule has 0 aliphatic carbocycles. The summed E-state index contributed by atoms with van der Waals surface area (Å²) in [6.07, 6.45) is 5.02. The maximum absolute atomic E-state index is 14.2. The third-order valence-corrected chi connectivity index (χ3v) is 11.3. The number of H-pyrrole nitrogens is 1. The van der Waals surface area contributed by atoms with Crippen molar-refractivity contribution in [3.8, 4) is 0 Å². The summed E-state index contributed by atoms with van der Waals surface area (Å²) in [6.45, 7) is 8.90. The fourth-order valence-electron chi connectivity index (χ4n) is 8.37. The molecule has 4 aliphatic heterocycles. The Bertz CT molecular complexity index is 1730. The Labute approximate surface area is 287 Å². The van der Waals surface area contributed by atoms with Crippen molar-refractivity contribution in [3.05, 3.63) is 63.6 Å². The Balaban J connectivity index is 1.01. The monoisotopic (exact) mass is 671 g/mol. The van der Waals surface area contributed by atoms with Crippen LogP contribution < -0.4 is 11.1 Å². The van der Waals surface area contributed by atoms with Gasteiger partial charge >= 0.3 is 11.8 Å². The molecule has 3 aromatic rings. The van der Waals surface area contributed by atoms with Gasteiger partial charge in [-0.05, 0) is 94.4 Å². The molecule has 1 aromatic heterocycles.